The van der Waals surface area contributed by atoms with Crippen LogP contribution < -0.4 is 5.32 Å². The average molecular weight is 212 g/mol. The van der Waals surface area contributed by atoms with Crippen LogP contribution in [0.15, 0.2) is 12.1 Å². The molecular formula is C11H14ClNO. The zero-order valence-corrected chi connectivity index (χ0v) is 9.15. The third kappa shape index (κ3) is 1.22. The highest BCUT2D eigenvalue weighted by Gasteiger charge is 2.36. The van der Waals surface area contributed by atoms with Gasteiger partial charge in [0.05, 0.1) is 0 Å². The SMILES string of the molecule is CNC1(C)CCc2c(Cl)ccc(O)c21. The minimum absolute atomic E-state index is 0.135. The van der Waals surface area contributed by atoms with Gasteiger partial charge in [-0.3, -0.25) is 0 Å². The van der Waals surface area contributed by atoms with E-state index < -0.39 is 0 Å². The molecular weight excluding hydrogens is 198 g/mol. The Hall–Kier alpha value is -0.730. The number of hydrogen-bond donors (Lipinski definition) is 2. The average Bonchev–Trinajstić information content (AvgIpc) is 2.53. The molecule has 0 fully saturated rings. The Morgan fingerprint density at radius 3 is 2.86 bits per heavy atom. The van der Waals surface area contributed by atoms with Crippen LogP contribution in [0.3, 0.4) is 0 Å². The predicted octanol–water partition coefficient (Wildman–Crippen LogP) is 2.43. The van der Waals surface area contributed by atoms with Gasteiger partial charge >= 0.3 is 0 Å². The quantitative estimate of drug-likeness (QED) is 0.748. The van der Waals surface area contributed by atoms with Gasteiger partial charge in [-0.25, -0.2) is 0 Å². The molecule has 1 unspecified atom stereocenters. The lowest BCUT2D eigenvalue weighted by Crippen LogP contribution is -2.34. The maximum atomic E-state index is 9.82. The van der Waals surface area contributed by atoms with Crippen LogP contribution in [0.2, 0.25) is 5.02 Å². The molecule has 1 aromatic rings. The second-order valence-electron chi connectivity index (χ2n) is 4.00. The normalized spacial score (nSPS) is 25.1. The number of hydrogen-bond acceptors (Lipinski definition) is 2. The van der Waals surface area contributed by atoms with Crippen molar-refractivity contribution in [1.82, 2.24) is 5.32 Å². The van der Waals surface area contributed by atoms with Crippen molar-refractivity contribution in [3.05, 3.63) is 28.3 Å². The van der Waals surface area contributed by atoms with E-state index in [2.05, 4.69) is 12.2 Å². The molecule has 0 aliphatic heterocycles. The summed E-state index contributed by atoms with van der Waals surface area (Å²) >= 11 is 6.09. The molecule has 1 atom stereocenters. The predicted molar refractivity (Wildman–Crippen MR) is 57.8 cm³/mol. The Balaban J connectivity index is 2.64. The van der Waals surface area contributed by atoms with E-state index in [0.717, 1.165) is 29.0 Å². The van der Waals surface area contributed by atoms with Gasteiger partial charge in [0.25, 0.3) is 0 Å². The molecule has 0 spiro atoms. The molecule has 1 aromatic carbocycles. The van der Waals surface area contributed by atoms with E-state index in [1.807, 2.05) is 7.05 Å². The summed E-state index contributed by atoms with van der Waals surface area (Å²) in [5.41, 5.74) is 1.92. The van der Waals surface area contributed by atoms with Crippen molar-refractivity contribution in [2.45, 2.75) is 25.3 Å². The van der Waals surface area contributed by atoms with Gasteiger partial charge < -0.3 is 10.4 Å². The van der Waals surface area contributed by atoms with E-state index in [-0.39, 0.29) is 5.54 Å². The molecule has 0 amide bonds. The molecule has 2 rings (SSSR count). The molecule has 0 saturated heterocycles. The number of rotatable bonds is 1. The summed E-state index contributed by atoms with van der Waals surface area (Å²) in [5.74, 6) is 0.346. The van der Waals surface area contributed by atoms with Crippen LogP contribution in [-0.4, -0.2) is 12.2 Å². The smallest absolute Gasteiger partial charge is 0.121 e. The summed E-state index contributed by atoms with van der Waals surface area (Å²) < 4.78 is 0. The first-order valence-electron chi connectivity index (χ1n) is 4.78. The van der Waals surface area contributed by atoms with Gasteiger partial charge in [-0.05, 0) is 44.5 Å². The first kappa shape index (κ1) is 9.81. The molecule has 76 valence electrons. The zero-order chi connectivity index (χ0) is 10.3. The Labute approximate surface area is 88.9 Å². The Morgan fingerprint density at radius 1 is 1.50 bits per heavy atom. The summed E-state index contributed by atoms with van der Waals surface area (Å²) in [6, 6.07) is 3.43. The van der Waals surface area contributed by atoms with Gasteiger partial charge in [0.15, 0.2) is 0 Å². The second kappa shape index (κ2) is 3.14. The topological polar surface area (TPSA) is 32.3 Å². The Kier molecular flexibility index (Phi) is 2.20. The number of benzene rings is 1. The molecule has 2 nitrogen and oxygen atoms in total. The van der Waals surface area contributed by atoms with E-state index in [0.29, 0.717) is 5.75 Å². The first-order chi connectivity index (χ1) is 6.58. The molecule has 0 radical (unpaired) electrons. The number of nitrogens with one attached hydrogen (secondary N) is 1. The number of phenols is 1. The lowest BCUT2D eigenvalue weighted by Gasteiger charge is -2.25. The van der Waals surface area contributed by atoms with Crippen LogP contribution in [0.25, 0.3) is 0 Å². The van der Waals surface area contributed by atoms with Crippen molar-refractivity contribution in [2.75, 3.05) is 7.05 Å². The molecule has 0 aromatic heterocycles. The minimum Gasteiger partial charge on any atom is -0.508 e. The van der Waals surface area contributed by atoms with E-state index in [1.165, 1.54) is 0 Å². The molecule has 14 heavy (non-hydrogen) atoms. The number of phenolic OH excluding ortho intramolecular Hbond substituents is 1. The van der Waals surface area contributed by atoms with Crippen molar-refractivity contribution in [1.29, 1.82) is 0 Å². The molecule has 0 bridgehead atoms. The van der Waals surface area contributed by atoms with Gasteiger partial charge in [-0.15, -0.1) is 0 Å². The third-order valence-electron chi connectivity index (χ3n) is 3.21. The van der Waals surface area contributed by atoms with Crippen molar-refractivity contribution >= 4 is 11.6 Å². The summed E-state index contributed by atoms with van der Waals surface area (Å²) in [6.07, 6.45) is 1.91. The summed E-state index contributed by atoms with van der Waals surface area (Å²) in [6.45, 7) is 2.09. The van der Waals surface area contributed by atoms with Crippen molar-refractivity contribution in [2.24, 2.45) is 0 Å². The van der Waals surface area contributed by atoms with E-state index in [9.17, 15) is 5.11 Å². The zero-order valence-electron chi connectivity index (χ0n) is 8.39. The number of fused-ring (bicyclic) bond motifs is 1. The highest BCUT2D eigenvalue weighted by molar-refractivity contribution is 6.31. The summed E-state index contributed by atoms with van der Waals surface area (Å²) in [4.78, 5) is 0. The maximum Gasteiger partial charge on any atom is 0.121 e. The van der Waals surface area contributed by atoms with Crippen LogP contribution in [0, 0.1) is 0 Å². The molecule has 1 aliphatic rings. The standard InChI is InChI=1S/C11H14ClNO/c1-11(13-2)6-5-7-8(12)3-4-9(14)10(7)11/h3-4,13-14H,5-6H2,1-2H3. The van der Waals surface area contributed by atoms with Gasteiger partial charge in [0.2, 0.25) is 0 Å². The summed E-state index contributed by atoms with van der Waals surface area (Å²) in [7, 11) is 1.91. The molecule has 1 aliphatic carbocycles. The van der Waals surface area contributed by atoms with Gasteiger partial charge in [-0.2, -0.15) is 0 Å². The van der Waals surface area contributed by atoms with E-state index in [1.54, 1.807) is 12.1 Å². The summed E-state index contributed by atoms with van der Waals surface area (Å²) in [5, 5.41) is 13.8. The highest BCUT2D eigenvalue weighted by Crippen LogP contribution is 2.44. The minimum atomic E-state index is -0.135. The lowest BCUT2D eigenvalue weighted by atomic mass is 9.93. The van der Waals surface area contributed by atoms with Crippen LogP contribution in [0.4, 0.5) is 0 Å². The van der Waals surface area contributed by atoms with E-state index >= 15 is 0 Å². The fraction of sp³-hybridized carbons (Fsp3) is 0.455. The van der Waals surface area contributed by atoms with Crippen LogP contribution in [-0.2, 0) is 12.0 Å². The highest BCUT2D eigenvalue weighted by atomic mass is 35.5. The largest absolute Gasteiger partial charge is 0.508 e. The fourth-order valence-corrected chi connectivity index (χ4v) is 2.47. The molecule has 0 heterocycles. The molecule has 3 heteroatoms. The van der Waals surface area contributed by atoms with Crippen LogP contribution in [0.1, 0.15) is 24.5 Å². The van der Waals surface area contributed by atoms with Crippen molar-refractivity contribution in [3.63, 3.8) is 0 Å². The Morgan fingerprint density at radius 2 is 2.21 bits per heavy atom. The fourth-order valence-electron chi connectivity index (χ4n) is 2.22. The monoisotopic (exact) mass is 211 g/mol. The second-order valence-corrected chi connectivity index (χ2v) is 4.41. The third-order valence-corrected chi connectivity index (χ3v) is 3.57. The van der Waals surface area contributed by atoms with Gasteiger partial charge in [-0.1, -0.05) is 11.6 Å². The first-order valence-corrected chi connectivity index (χ1v) is 5.16. The molecule has 2 N–H and O–H groups in total. The molecule has 0 saturated carbocycles. The van der Waals surface area contributed by atoms with Crippen LogP contribution in [0.5, 0.6) is 5.75 Å². The number of aromatic hydroxyl groups is 1. The van der Waals surface area contributed by atoms with E-state index in [4.69, 9.17) is 11.6 Å². The van der Waals surface area contributed by atoms with Crippen LogP contribution >= 0.6 is 11.6 Å². The maximum absolute atomic E-state index is 9.82. The van der Waals surface area contributed by atoms with Crippen molar-refractivity contribution < 1.29 is 5.11 Å². The van der Waals surface area contributed by atoms with Gasteiger partial charge in [0.1, 0.15) is 5.75 Å². The lowest BCUT2D eigenvalue weighted by molar-refractivity contribution is 0.375. The Bertz CT molecular complexity index is 378. The number of halogens is 1. The van der Waals surface area contributed by atoms with Gasteiger partial charge in [0, 0.05) is 16.1 Å². The van der Waals surface area contributed by atoms with Crippen molar-refractivity contribution in [3.8, 4) is 5.75 Å².